The fraction of sp³-hybridized carbons (Fsp3) is 0.833. The fourth-order valence-electron chi connectivity index (χ4n) is 1.94. The van der Waals surface area contributed by atoms with Gasteiger partial charge in [-0.3, -0.25) is 9.59 Å². The van der Waals surface area contributed by atoms with Crippen LogP contribution < -0.4 is 0 Å². The number of halogens is 2. The minimum Gasteiger partial charge on any atom is -0.743 e. The maximum absolute atomic E-state index is 12.7. The summed E-state index contributed by atoms with van der Waals surface area (Å²) in [7, 11) is -5.90. The zero-order chi connectivity index (χ0) is 16.8. The van der Waals surface area contributed by atoms with Crippen molar-refractivity contribution in [3.8, 4) is 0 Å². The van der Waals surface area contributed by atoms with Crippen molar-refractivity contribution in [2.45, 2.75) is 56.3 Å². The second kappa shape index (κ2) is 7.82. The SMILES string of the molecule is O=C(CCC(=O)OC1CCCCC1)OCC(F)(F)S(=O)(=O)[O-]. The molecule has 1 aliphatic carbocycles. The lowest BCUT2D eigenvalue weighted by atomic mass is 9.98. The van der Waals surface area contributed by atoms with Gasteiger partial charge in [-0.1, -0.05) is 6.42 Å². The first-order chi connectivity index (χ1) is 10.1. The Morgan fingerprint density at radius 2 is 1.64 bits per heavy atom. The smallest absolute Gasteiger partial charge is 0.367 e. The first-order valence-electron chi connectivity index (χ1n) is 6.80. The van der Waals surface area contributed by atoms with Gasteiger partial charge in [0.1, 0.15) is 6.10 Å². The predicted octanol–water partition coefficient (Wildman–Crippen LogP) is 1.32. The van der Waals surface area contributed by atoms with Gasteiger partial charge in [-0.15, -0.1) is 0 Å². The highest BCUT2D eigenvalue weighted by Crippen LogP contribution is 2.22. The molecular formula is C12H17F2O7S-. The molecule has 0 aromatic carbocycles. The summed E-state index contributed by atoms with van der Waals surface area (Å²) in [4.78, 5) is 22.6. The maximum Gasteiger partial charge on any atom is 0.367 e. The van der Waals surface area contributed by atoms with E-state index in [1.165, 1.54) is 0 Å². The third kappa shape index (κ3) is 6.22. The van der Waals surface area contributed by atoms with E-state index in [1.807, 2.05) is 0 Å². The van der Waals surface area contributed by atoms with Crippen LogP contribution in [-0.4, -0.2) is 42.9 Å². The van der Waals surface area contributed by atoms with E-state index in [1.54, 1.807) is 0 Å². The maximum atomic E-state index is 12.7. The van der Waals surface area contributed by atoms with E-state index in [0.29, 0.717) is 0 Å². The van der Waals surface area contributed by atoms with E-state index in [-0.39, 0.29) is 12.5 Å². The van der Waals surface area contributed by atoms with Gasteiger partial charge in [0.25, 0.3) is 0 Å². The zero-order valence-electron chi connectivity index (χ0n) is 11.8. The van der Waals surface area contributed by atoms with E-state index in [0.717, 1.165) is 32.1 Å². The Morgan fingerprint density at radius 1 is 1.09 bits per heavy atom. The second-order valence-electron chi connectivity index (χ2n) is 5.00. The molecule has 0 aromatic rings. The Kier molecular flexibility index (Phi) is 6.66. The van der Waals surface area contributed by atoms with E-state index < -0.39 is 40.3 Å². The molecule has 1 saturated carbocycles. The van der Waals surface area contributed by atoms with E-state index in [4.69, 9.17) is 4.74 Å². The van der Waals surface area contributed by atoms with Crippen molar-refractivity contribution in [2.75, 3.05) is 6.61 Å². The summed E-state index contributed by atoms with van der Waals surface area (Å²) in [6.45, 7) is -1.87. The molecule has 0 N–H and O–H groups in total. The van der Waals surface area contributed by atoms with Gasteiger partial charge in [-0.05, 0) is 25.7 Å². The van der Waals surface area contributed by atoms with Crippen molar-refractivity contribution < 1.29 is 40.8 Å². The highest BCUT2D eigenvalue weighted by Gasteiger charge is 2.39. The van der Waals surface area contributed by atoms with Gasteiger partial charge in [-0.2, -0.15) is 8.78 Å². The van der Waals surface area contributed by atoms with Crippen LogP contribution in [0.15, 0.2) is 0 Å². The topological polar surface area (TPSA) is 110 Å². The Balaban J connectivity index is 2.26. The first kappa shape index (κ1) is 18.8. The molecule has 0 amide bonds. The van der Waals surface area contributed by atoms with Gasteiger partial charge in [0.15, 0.2) is 16.7 Å². The molecule has 0 unspecified atom stereocenters. The largest absolute Gasteiger partial charge is 0.743 e. The molecule has 0 saturated heterocycles. The molecule has 0 radical (unpaired) electrons. The van der Waals surface area contributed by atoms with Crippen LogP contribution in [0.3, 0.4) is 0 Å². The summed E-state index contributed by atoms with van der Waals surface area (Å²) >= 11 is 0. The first-order valence-corrected chi connectivity index (χ1v) is 8.21. The Morgan fingerprint density at radius 3 is 2.18 bits per heavy atom. The Hall–Kier alpha value is -1.29. The van der Waals surface area contributed by atoms with Gasteiger partial charge < -0.3 is 14.0 Å². The predicted molar refractivity (Wildman–Crippen MR) is 67.8 cm³/mol. The lowest BCUT2D eigenvalue weighted by Gasteiger charge is -2.21. The van der Waals surface area contributed by atoms with Crippen molar-refractivity contribution in [2.24, 2.45) is 0 Å². The number of rotatable bonds is 7. The van der Waals surface area contributed by atoms with Gasteiger partial charge >= 0.3 is 17.2 Å². The van der Waals surface area contributed by atoms with Crippen molar-refractivity contribution in [3.63, 3.8) is 0 Å². The molecule has 10 heteroatoms. The van der Waals surface area contributed by atoms with Gasteiger partial charge in [0.05, 0.1) is 12.8 Å². The normalized spacial score (nSPS) is 17.0. The molecule has 128 valence electrons. The number of esters is 2. The van der Waals surface area contributed by atoms with Crippen LogP contribution in [0.4, 0.5) is 8.78 Å². The molecule has 0 aromatic heterocycles. The quantitative estimate of drug-likeness (QED) is 0.506. The van der Waals surface area contributed by atoms with Crippen molar-refractivity contribution in [3.05, 3.63) is 0 Å². The molecular weight excluding hydrogens is 326 g/mol. The monoisotopic (exact) mass is 343 g/mol. The number of hydrogen-bond donors (Lipinski definition) is 0. The highest BCUT2D eigenvalue weighted by molar-refractivity contribution is 7.86. The van der Waals surface area contributed by atoms with Crippen LogP contribution >= 0.6 is 0 Å². The van der Waals surface area contributed by atoms with Crippen molar-refractivity contribution in [1.29, 1.82) is 0 Å². The van der Waals surface area contributed by atoms with Crippen LogP contribution in [0, 0.1) is 0 Å². The summed E-state index contributed by atoms with van der Waals surface area (Å²) in [5.41, 5.74) is 0. The van der Waals surface area contributed by atoms with Crippen molar-refractivity contribution in [1.82, 2.24) is 0 Å². The standard InChI is InChI=1S/C12H18F2O7S/c13-12(14,22(17,18)19)8-20-10(15)6-7-11(16)21-9-4-2-1-3-5-9/h9H,1-8H2,(H,17,18,19)/p-1. The number of ether oxygens (including phenoxy) is 2. The van der Waals surface area contributed by atoms with E-state index >= 15 is 0 Å². The summed E-state index contributed by atoms with van der Waals surface area (Å²) in [6.07, 6.45) is 3.43. The summed E-state index contributed by atoms with van der Waals surface area (Å²) < 4.78 is 65.1. The average molecular weight is 343 g/mol. The van der Waals surface area contributed by atoms with Crippen LogP contribution in [0.25, 0.3) is 0 Å². The number of carbonyl (C=O) groups is 2. The van der Waals surface area contributed by atoms with Gasteiger partial charge in [0.2, 0.25) is 0 Å². The molecule has 0 bridgehead atoms. The molecule has 22 heavy (non-hydrogen) atoms. The van der Waals surface area contributed by atoms with Crippen LogP contribution in [0.5, 0.6) is 0 Å². The molecule has 0 heterocycles. The van der Waals surface area contributed by atoms with Gasteiger partial charge in [-0.25, -0.2) is 8.42 Å². The molecule has 1 rings (SSSR count). The molecule has 1 fully saturated rings. The molecule has 7 nitrogen and oxygen atoms in total. The molecule has 1 aliphatic rings. The number of hydrogen-bond acceptors (Lipinski definition) is 7. The third-order valence-corrected chi connectivity index (χ3v) is 4.00. The number of alkyl halides is 2. The minimum absolute atomic E-state index is 0.188. The highest BCUT2D eigenvalue weighted by atomic mass is 32.2. The average Bonchev–Trinajstić information content (AvgIpc) is 2.43. The molecule has 0 spiro atoms. The minimum atomic E-state index is -5.90. The van der Waals surface area contributed by atoms with E-state index in [9.17, 15) is 31.3 Å². The Labute approximate surface area is 126 Å². The molecule has 0 atom stereocenters. The number of carbonyl (C=O) groups excluding carboxylic acids is 2. The van der Waals surface area contributed by atoms with Gasteiger partial charge in [0, 0.05) is 0 Å². The Bertz CT molecular complexity index is 498. The van der Waals surface area contributed by atoms with Crippen LogP contribution in [0.1, 0.15) is 44.9 Å². The lowest BCUT2D eigenvalue weighted by Crippen LogP contribution is -2.34. The van der Waals surface area contributed by atoms with E-state index in [2.05, 4.69) is 4.74 Å². The lowest BCUT2D eigenvalue weighted by molar-refractivity contribution is -0.156. The summed E-state index contributed by atoms with van der Waals surface area (Å²) in [6, 6.07) is 0. The fourth-order valence-corrected chi connectivity index (χ4v) is 2.14. The third-order valence-electron chi connectivity index (χ3n) is 3.15. The zero-order valence-corrected chi connectivity index (χ0v) is 12.6. The van der Waals surface area contributed by atoms with Crippen LogP contribution in [-0.2, 0) is 29.2 Å². The van der Waals surface area contributed by atoms with Crippen LogP contribution in [0.2, 0.25) is 0 Å². The molecule has 0 aliphatic heterocycles. The van der Waals surface area contributed by atoms with Crippen molar-refractivity contribution >= 4 is 22.1 Å². The summed E-state index contributed by atoms with van der Waals surface area (Å²) in [5.74, 6) is -1.85. The summed E-state index contributed by atoms with van der Waals surface area (Å²) in [5, 5.41) is -4.69. The second-order valence-corrected chi connectivity index (χ2v) is 6.51.